The molecular formula is C28H40. The lowest BCUT2D eigenvalue weighted by Crippen LogP contribution is -1.97. The highest BCUT2D eigenvalue weighted by atomic mass is 14.3. The molecule has 4 fully saturated rings. The monoisotopic (exact) mass is 376 g/mol. The van der Waals surface area contributed by atoms with Gasteiger partial charge in [-0.05, 0) is 124 Å². The van der Waals surface area contributed by atoms with E-state index in [0.29, 0.717) is 0 Å². The highest BCUT2D eigenvalue weighted by Crippen LogP contribution is 2.40. The van der Waals surface area contributed by atoms with E-state index in [0.717, 1.165) is 47.3 Å². The van der Waals surface area contributed by atoms with Crippen molar-refractivity contribution in [1.29, 1.82) is 0 Å². The summed E-state index contributed by atoms with van der Waals surface area (Å²) < 4.78 is 0. The average Bonchev–Trinajstić information content (AvgIpc) is 3.49. The van der Waals surface area contributed by atoms with Crippen molar-refractivity contribution in [2.24, 2.45) is 47.3 Å². The molecule has 4 unspecified atom stereocenters. The molecule has 4 saturated carbocycles. The van der Waals surface area contributed by atoms with E-state index in [2.05, 4.69) is 48.6 Å². The number of hydrogen-bond donors (Lipinski definition) is 0. The van der Waals surface area contributed by atoms with Crippen LogP contribution in [-0.2, 0) is 0 Å². The lowest BCUT2D eigenvalue weighted by Gasteiger charge is -2.09. The van der Waals surface area contributed by atoms with Gasteiger partial charge in [-0.3, -0.25) is 0 Å². The molecule has 28 heavy (non-hydrogen) atoms. The van der Waals surface area contributed by atoms with Crippen LogP contribution >= 0.6 is 0 Å². The molecule has 0 aromatic rings. The summed E-state index contributed by atoms with van der Waals surface area (Å²) in [5.41, 5.74) is 0. The lowest BCUT2D eigenvalue weighted by atomic mass is 9.96. The van der Waals surface area contributed by atoms with E-state index in [4.69, 9.17) is 0 Å². The van der Waals surface area contributed by atoms with Crippen LogP contribution in [0.5, 0.6) is 0 Å². The van der Waals surface area contributed by atoms with Gasteiger partial charge in [0, 0.05) is 0 Å². The zero-order valence-corrected chi connectivity index (χ0v) is 17.7. The zero-order valence-electron chi connectivity index (χ0n) is 17.7. The molecule has 0 amide bonds. The first-order chi connectivity index (χ1) is 13.8. The Labute approximate surface area is 173 Å². The summed E-state index contributed by atoms with van der Waals surface area (Å²) in [6.07, 6.45) is 37.9. The minimum absolute atomic E-state index is 0.851. The molecule has 0 N–H and O–H groups in total. The van der Waals surface area contributed by atoms with Crippen LogP contribution in [-0.4, -0.2) is 0 Å². The van der Waals surface area contributed by atoms with Crippen molar-refractivity contribution < 1.29 is 0 Å². The summed E-state index contributed by atoms with van der Waals surface area (Å²) in [6.45, 7) is 0. The molecule has 0 aromatic carbocycles. The van der Waals surface area contributed by atoms with Crippen LogP contribution in [0.2, 0.25) is 0 Å². The van der Waals surface area contributed by atoms with Crippen LogP contribution in [0.4, 0.5) is 0 Å². The van der Waals surface area contributed by atoms with Crippen molar-refractivity contribution in [3.8, 4) is 0 Å². The molecule has 0 radical (unpaired) electrons. The van der Waals surface area contributed by atoms with Gasteiger partial charge in [0.25, 0.3) is 0 Å². The molecule has 0 heteroatoms. The largest absolute Gasteiger partial charge is 0.0851 e. The van der Waals surface area contributed by atoms with Gasteiger partial charge in [-0.1, -0.05) is 48.6 Å². The summed E-state index contributed by atoms with van der Waals surface area (Å²) in [5.74, 6) is 6.81. The van der Waals surface area contributed by atoms with Crippen molar-refractivity contribution in [3.63, 3.8) is 0 Å². The smallest absolute Gasteiger partial charge is 0.0228 e. The van der Waals surface area contributed by atoms with Crippen molar-refractivity contribution >= 4 is 0 Å². The van der Waals surface area contributed by atoms with Crippen LogP contribution in [0, 0.1) is 47.3 Å². The number of hydrogen-bond acceptors (Lipinski definition) is 0. The fraction of sp³-hybridized carbons (Fsp3) is 0.714. The third kappa shape index (κ3) is 4.74. The second kappa shape index (κ2) is 8.76. The van der Waals surface area contributed by atoms with Crippen molar-refractivity contribution in [2.45, 2.75) is 77.0 Å². The Hall–Kier alpha value is -1.04. The summed E-state index contributed by atoms with van der Waals surface area (Å²) >= 11 is 0. The zero-order chi connectivity index (χ0) is 18.8. The molecule has 5 aliphatic rings. The highest BCUT2D eigenvalue weighted by Gasteiger charge is 2.27. The van der Waals surface area contributed by atoms with Gasteiger partial charge in [0.15, 0.2) is 0 Å². The summed E-state index contributed by atoms with van der Waals surface area (Å²) in [7, 11) is 0. The van der Waals surface area contributed by atoms with Crippen molar-refractivity contribution in [2.75, 3.05) is 0 Å². The third-order valence-electron chi connectivity index (χ3n) is 8.68. The maximum atomic E-state index is 2.61. The Morgan fingerprint density at radius 3 is 0.536 bits per heavy atom. The second-order valence-electron chi connectivity index (χ2n) is 10.9. The van der Waals surface area contributed by atoms with E-state index in [-0.39, 0.29) is 0 Å². The van der Waals surface area contributed by atoms with Gasteiger partial charge < -0.3 is 0 Å². The SMILES string of the molecule is C1=CC2CC[C@H](/C=C\C3CC[C@H](/C=C\[C@@H]4CCC(/C=C\[C@@H]5CCC1C5)C4)C3)C2. The van der Waals surface area contributed by atoms with Gasteiger partial charge in [-0.2, -0.15) is 0 Å². The number of fused-ring (bicyclic) bond motifs is 8. The molecule has 8 atom stereocenters. The quantitative estimate of drug-likeness (QED) is 0.377. The molecule has 0 spiro atoms. The van der Waals surface area contributed by atoms with Crippen LogP contribution < -0.4 is 0 Å². The Kier molecular flexibility index (Phi) is 5.93. The topological polar surface area (TPSA) is 0 Å². The summed E-state index contributed by atoms with van der Waals surface area (Å²) in [6, 6.07) is 0. The lowest BCUT2D eigenvalue weighted by molar-refractivity contribution is 0.593. The van der Waals surface area contributed by atoms with Gasteiger partial charge in [-0.25, -0.2) is 0 Å². The predicted molar refractivity (Wildman–Crippen MR) is 120 cm³/mol. The summed E-state index contributed by atoms with van der Waals surface area (Å²) in [4.78, 5) is 0. The fourth-order valence-corrected chi connectivity index (χ4v) is 6.87. The Balaban J connectivity index is 1.28. The van der Waals surface area contributed by atoms with Crippen LogP contribution in [0.1, 0.15) is 77.0 Å². The summed E-state index contributed by atoms with van der Waals surface area (Å²) in [5, 5.41) is 0. The van der Waals surface area contributed by atoms with Gasteiger partial charge in [-0.15, -0.1) is 0 Å². The maximum absolute atomic E-state index is 2.61. The van der Waals surface area contributed by atoms with Gasteiger partial charge >= 0.3 is 0 Å². The number of allylic oxidation sites excluding steroid dienone is 8. The molecule has 0 heterocycles. The Morgan fingerprint density at radius 1 is 0.250 bits per heavy atom. The van der Waals surface area contributed by atoms with E-state index in [1.807, 2.05) is 0 Å². The fourth-order valence-electron chi connectivity index (χ4n) is 6.87. The normalized spacial score (nSPS) is 49.1. The highest BCUT2D eigenvalue weighted by molar-refractivity contribution is 5.08. The molecule has 0 saturated heterocycles. The average molecular weight is 377 g/mol. The molecular weight excluding hydrogens is 336 g/mol. The number of rotatable bonds is 0. The van der Waals surface area contributed by atoms with Crippen LogP contribution in [0.15, 0.2) is 48.6 Å². The van der Waals surface area contributed by atoms with E-state index < -0.39 is 0 Å². The standard InChI is InChI=1S/C28H40/c1-2-22-11-12-24-5-6-26(19-24)15-16-28-8-7-27(20-28)14-13-25-4-3-23(18-25)10-9-21(1)17-22/h9-16,21-28H,1-8,17-20H2/b10-9-,12-11-,14-13-,16-15?/t21-,22?,23+,24-,25?,26?,27+,28?. The van der Waals surface area contributed by atoms with Crippen LogP contribution in [0.25, 0.3) is 0 Å². The molecule has 5 aliphatic carbocycles. The first-order valence-electron chi connectivity index (χ1n) is 12.5. The molecule has 0 nitrogen and oxygen atoms in total. The minimum Gasteiger partial charge on any atom is -0.0851 e. The second-order valence-corrected chi connectivity index (χ2v) is 10.9. The predicted octanol–water partition coefficient (Wildman–Crippen LogP) is 7.89. The molecule has 8 bridgehead atoms. The van der Waals surface area contributed by atoms with Crippen molar-refractivity contribution in [1.82, 2.24) is 0 Å². The van der Waals surface area contributed by atoms with E-state index >= 15 is 0 Å². The van der Waals surface area contributed by atoms with Crippen LogP contribution in [0.3, 0.4) is 0 Å². The maximum Gasteiger partial charge on any atom is -0.0228 e. The molecule has 5 rings (SSSR count). The Bertz CT molecular complexity index is 474. The first kappa shape index (κ1) is 19.0. The molecule has 152 valence electrons. The van der Waals surface area contributed by atoms with E-state index in [9.17, 15) is 0 Å². The van der Waals surface area contributed by atoms with Gasteiger partial charge in [0.2, 0.25) is 0 Å². The third-order valence-corrected chi connectivity index (χ3v) is 8.68. The van der Waals surface area contributed by atoms with Crippen molar-refractivity contribution in [3.05, 3.63) is 48.6 Å². The molecule has 0 aromatic heterocycles. The van der Waals surface area contributed by atoms with E-state index in [1.165, 1.54) is 77.0 Å². The van der Waals surface area contributed by atoms with E-state index in [1.54, 1.807) is 0 Å². The Morgan fingerprint density at radius 2 is 0.393 bits per heavy atom. The van der Waals surface area contributed by atoms with Gasteiger partial charge in [0.05, 0.1) is 0 Å². The minimum atomic E-state index is 0.851. The van der Waals surface area contributed by atoms with Gasteiger partial charge in [0.1, 0.15) is 0 Å². The molecule has 0 aliphatic heterocycles. The first-order valence-corrected chi connectivity index (χ1v) is 12.5.